The zero-order valence-corrected chi connectivity index (χ0v) is 26.1. The van der Waals surface area contributed by atoms with Gasteiger partial charge in [0, 0.05) is 18.9 Å². The first kappa shape index (κ1) is 32.7. The van der Waals surface area contributed by atoms with Crippen molar-refractivity contribution in [1.82, 2.24) is 14.9 Å². The average molecular weight is 589 g/mol. The Labute approximate surface area is 258 Å². The molecule has 1 atom stereocenters. The molecule has 4 N–H and O–H groups in total. The minimum atomic E-state index is -0.341. The summed E-state index contributed by atoms with van der Waals surface area (Å²) in [5.74, 6) is 2.71. The van der Waals surface area contributed by atoms with E-state index < -0.39 is 0 Å². The Morgan fingerprint density at radius 3 is 2.53 bits per heavy atom. The van der Waals surface area contributed by atoms with Crippen LogP contribution in [0.25, 0.3) is 0 Å². The Bertz CT molecular complexity index is 1230. The zero-order chi connectivity index (χ0) is 30.3. The van der Waals surface area contributed by atoms with Gasteiger partial charge in [-0.05, 0) is 92.7 Å². The average Bonchev–Trinajstić information content (AvgIpc) is 3.44. The molecule has 0 radical (unpaired) electrons. The van der Waals surface area contributed by atoms with Crippen LogP contribution in [0.5, 0.6) is 5.75 Å². The summed E-state index contributed by atoms with van der Waals surface area (Å²) in [6, 6.07) is 14.3. The quantitative estimate of drug-likeness (QED) is 0.165. The fourth-order valence-electron chi connectivity index (χ4n) is 6.18. The van der Waals surface area contributed by atoms with Crippen molar-refractivity contribution >= 4 is 5.91 Å². The third kappa shape index (κ3) is 11.1. The highest BCUT2D eigenvalue weighted by atomic mass is 16.5. The lowest BCUT2D eigenvalue weighted by Gasteiger charge is -2.22. The van der Waals surface area contributed by atoms with E-state index in [1.807, 2.05) is 31.5 Å². The Morgan fingerprint density at radius 1 is 1.05 bits per heavy atom. The van der Waals surface area contributed by atoms with Crippen LogP contribution in [0.1, 0.15) is 85.9 Å². The van der Waals surface area contributed by atoms with E-state index in [0.717, 1.165) is 85.9 Å². The number of rotatable bonds is 18. The molecule has 0 saturated heterocycles. The predicted octanol–water partition coefficient (Wildman–Crippen LogP) is 5.72. The topological polar surface area (TPSA) is 102 Å². The number of aliphatic hydroxyl groups is 1. The second kappa shape index (κ2) is 17.8. The third-order valence-corrected chi connectivity index (χ3v) is 8.78. The van der Waals surface area contributed by atoms with Gasteiger partial charge in [0.05, 0.1) is 25.7 Å². The second-order valence-electron chi connectivity index (χ2n) is 12.2. The first-order valence-electron chi connectivity index (χ1n) is 16.4. The lowest BCUT2D eigenvalue weighted by Crippen LogP contribution is -2.39. The van der Waals surface area contributed by atoms with Crippen molar-refractivity contribution in [3.63, 3.8) is 0 Å². The largest absolute Gasteiger partial charge is 0.493 e. The molecule has 0 bridgehead atoms. The van der Waals surface area contributed by atoms with E-state index in [-0.39, 0.29) is 18.6 Å². The van der Waals surface area contributed by atoms with Gasteiger partial charge in [0.25, 0.3) is 0 Å². The number of benzene rings is 2. The fraction of sp³-hybridized carbons (Fsp3) is 0.556. The van der Waals surface area contributed by atoms with Crippen molar-refractivity contribution in [1.29, 1.82) is 0 Å². The number of carbonyl (C=O) groups is 1. The molecule has 0 spiro atoms. The van der Waals surface area contributed by atoms with Crippen molar-refractivity contribution in [2.24, 2.45) is 11.7 Å². The van der Waals surface area contributed by atoms with Gasteiger partial charge in [0.2, 0.25) is 5.91 Å². The number of nitrogens with one attached hydrogen (secondary N) is 1. The number of aromatic nitrogens is 2. The molecule has 3 aromatic rings. The van der Waals surface area contributed by atoms with Crippen molar-refractivity contribution < 1.29 is 14.6 Å². The fourth-order valence-corrected chi connectivity index (χ4v) is 6.18. The van der Waals surface area contributed by atoms with E-state index in [1.165, 1.54) is 37.7 Å². The first-order chi connectivity index (χ1) is 21.0. The summed E-state index contributed by atoms with van der Waals surface area (Å²) in [5.41, 5.74) is 10.3. The molecule has 43 heavy (non-hydrogen) atoms. The van der Waals surface area contributed by atoms with E-state index in [0.29, 0.717) is 19.4 Å². The van der Waals surface area contributed by atoms with Crippen LogP contribution in [0.3, 0.4) is 0 Å². The monoisotopic (exact) mass is 588 g/mol. The zero-order valence-electron chi connectivity index (χ0n) is 26.1. The van der Waals surface area contributed by atoms with Crippen LogP contribution in [0.15, 0.2) is 54.9 Å². The van der Waals surface area contributed by atoms with Crippen LogP contribution >= 0.6 is 0 Å². The Balaban J connectivity index is 1.23. The van der Waals surface area contributed by atoms with Crippen LogP contribution in [0, 0.1) is 12.8 Å². The van der Waals surface area contributed by atoms with E-state index >= 15 is 0 Å². The molecule has 1 aliphatic carbocycles. The van der Waals surface area contributed by atoms with E-state index in [4.69, 9.17) is 10.5 Å². The Kier molecular flexibility index (Phi) is 13.6. The van der Waals surface area contributed by atoms with Gasteiger partial charge in [-0.15, -0.1) is 0 Å². The number of unbranched alkanes of at least 4 members (excludes halogenated alkanes) is 1. The molecular weight excluding hydrogens is 536 g/mol. The van der Waals surface area contributed by atoms with Crippen molar-refractivity contribution in [3.8, 4) is 5.75 Å². The molecule has 2 aromatic carbocycles. The molecular formula is C36H52N4O3. The highest BCUT2D eigenvalue weighted by Crippen LogP contribution is 2.28. The Hall–Kier alpha value is -3.16. The molecule has 0 unspecified atom stereocenters. The lowest BCUT2D eigenvalue weighted by atomic mass is 9.87. The predicted molar refractivity (Wildman–Crippen MR) is 173 cm³/mol. The smallest absolute Gasteiger partial charge is 0.224 e. The number of nitrogens with two attached hydrogens (primary N) is 1. The van der Waals surface area contributed by atoms with Gasteiger partial charge in [-0.3, -0.25) is 4.79 Å². The number of imidazole rings is 1. The molecule has 7 heteroatoms. The normalized spacial score (nSPS) is 14.5. The standard InChI is InChI=1S/C36H52N4O3/c1-28-38-20-22-40(28)21-6-5-10-30-12-14-31(15-13-30)26-36(42)39-34(27-41)25-32-16-17-35(33(24-32)11-7-19-37)43-23-18-29-8-3-2-4-9-29/h12-17,20,22,24,29,34,41H,2-11,18-19,21,23,25-27,37H2,1H3,(H,39,42)/t34-/m1/s1. The third-order valence-electron chi connectivity index (χ3n) is 8.78. The van der Waals surface area contributed by atoms with Gasteiger partial charge in [-0.2, -0.15) is 0 Å². The van der Waals surface area contributed by atoms with Crippen LogP contribution in [0.2, 0.25) is 0 Å². The van der Waals surface area contributed by atoms with Crippen LogP contribution in [0.4, 0.5) is 0 Å². The summed E-state index contributed by atoms with van der Waals surface area (Å²) >= 11 is 0. The van der Waals surface area contributed by atoms with Gasteiger partial charge >= 0.3 is 0 Å². The number of hydrogen-bond donors (Lipinski definition) is 3. The molecule has 1 aromatic heterocycles. The summed E-state index contributed by atoms with van der Waals surface area (Å²) in [7, 11) is 0. The molecule has 4 rings (SSSR count). The minimum absolute atomic E-state index is 0.0754. The molecule has 0 aliphatic heterocycles. The highest BCUT2D eigenvalue weighted by molar-refractivity contribution is 5.78. The summed E-state index contributed by atoms with van der Waals surface area (Å²) in [5, 5.41) is 13.1. The number of amides is 1. The van der Waals surface area contributed by atoms with Crippen LogP contribution < -0.4 is 15.8 Å². The number of ether oxygens (including phenoxy) is 1. The highest BCUT2D eigenvalue weighted by Gasteiger charge is 2.16. The summed E-state index contributed by atoms with van der Waals surface area (Å²) in [6.07, 6.45) is 17.6. The minimum Gasteiger partial charge on any atom is -0.493 e. The van der Waals surface area contributed by atoms with Gasteiger partial charge < -0.3 is 25.5 Å². The van der Waals surface area contributed by atoms with E-state index in [2.05, 4.69) is 45.2 Å². The molecule has 1 heterocycles. The van der Waals surface area contributed by atoms with Gasteiger partial charge in [-0.1, -0.05) is 68.5 Å². The summed E-state index contributed by atoms with van der Waals surface area (Å²) < 4.78 is 8.43. The SMILES string of the molecule is Cc1nccn1CCCCc1ccc(CC(=O)N[C@@H](CO)Cc2ccc(OCCC3CCCCC3)c(CCCN)c2)cc1. The summed E-state index contributed by atoms with van der Waals surface area (Å²) in [4.78, 5) is 17.1. The van der Waals surface area contributed by atoms with Gasteiger partial charge in [0.1, 0.15) is 11.6 Å². The summed E-state index contributed by atoms with van der Waals surface area (Å²) in [6.45, 7) is 4.30. The molecule has 234 valence electrons. The molecule has 1 saturated carbocycles. The van der Waals surface area contributed by atoms with Crippen molar-refractivity contribution in [2.45, 2.75) is 103 Å². The van der Waals surface area contributed by atoms with E-state index in [1.54, 1.807) is 0 Å². The number of hydrogen-bond acceptors (Lipinski definition) is 5. The molecule has 1 amide bonds. The molecule has 1 aliphatic rings. The van der Waals surface area contributed by atoms with Crippen molar-refractivity contribution in [3.05, 3.63) is 82.9 Å². The van der Waals surface area contributed by atoms with E-state index in [9.17, 15) is 9.90 Å². The Morgan fingerprint density at radius 2 is 1.81 bits per heavy atom. The number of aryl methyl sites for hydroxylation is 4. The lowest BCUT2D eigenvalue weighted by molar-refractivity contribution is -0.121. The second-order valence-corrected chi connectivity index (χ2v) is 12.2. The number of carbonyl (C=O) groups excluding carboxylic acids is 1. The number of nitrogens with zero attached hydrogens (tertiary/aromatic N) is 2. The van der Waals surface area contributed by atoms with Crippen LogP contribution in [-0.2, 0) is 37.0 Å². The van der Waals surface area contributed by atoms with Crippen molar-refractivity contribution in [2.75, 3.05) is 19.8 Å². The maximum Gasteiger partial charge on any atom is 0.224 e. The number of aliphatic hydroxyl groups excluding tert-OH is 1. The maximum absolute atomic E-state index is 12.9. The first-order valence-corrected chi connectivity index (χ1v) is 16.4. The molecule has 7 nitrogen and oxygen atoms in total. The van der Waals surface area contributed by atoms with Gasteiger partial charge in [-0.25, -0.2) is 4.98 Å². The van der Waals surface area contributed by atoms with Gasteiger partial charge in [0.15, 0.2) is 0 Å². The molecule has 1 fully saturated rings. The maximum atomic E-state index is 12.9. The van der Waals surface area contributed by atoms with Crippen LogP contribution in [-0.4, -0.2) is 46.4 Å².